The first kappa shape index (κ1) is 11.9. The van der Waals surface area contributed by atoms with Gasteiger partial charge in [-0.15, -0.1) is 11.3 Å². The van der Waals surface area contributed by atoms with Crippen LogP contribution in [0.2, 0.25) is 0 Å². The molecule has 0 aliphatic heterocycles. The molecule has 0 saturated carbocycles. The van der Waals surface area contributed by atoms with E-state index in [-0.39, 0.29) is 0 Å². The summed E-state index contributed by atoms with van der Waals surface area (Å²) in [6.45, 7) is 8.19. The minimum absolute atomic E-state index is 1.12. The lowest BCUT2D eigenvalue weighted by Gasteiger charge is -2.02. The fourth-order valence-electron chi connectivity index (χ4n) is 1.39. The van der Waals surface area contributed by atoms with E-state index in [1.54, 1.807) is 11.3 Å². The molecule has 0 aliphatic carbocycles. The number of benzene rings is 1. The molecule has 0 atom stereocenters. The van der Waals surface area contributed by atoms with Gasteiger partial charge in [-0.05, 0) is 25.0 Å². The largest absolute Gasteiger partial charge is 0.249 e. The number of hydrogen-bond acceptors (Lipinski definition) is 2. The first-order valence-corrected chi connectivity index (χ1v) is 6.13. The van der Waals surface area contributed by atoms with Crippen LogP contribution in [0.4, 0.5) is 0 Å². The summed E-state index contributed by atoms with van der Waals surface area (Å²) in [6.07, 6.45) is 0. The molecule has 0 bridgehead atoms. The van der Waals surface area contributed by atoms with E-state index in [4.69, 9.17) is 0 Å². The van der Waals surface area contributed by atoms with Crippen molar-refractivity contribution in [3.05, 3.63) is 41.0 Å². The Balaban J connectivity index is 0.000000531. The van der Waals surface area contributed by atoms with Crippen LogP contribution in [0.3, 0.4) is 0 Å². The van der Waals surface area contributed by atoms with Crippen LogP contribution in [-0.2, 0) is 0 Å². The molecule has 0 radical (unpaired) electrons. The Labute approximate surface area is 95.8 Å². The zero-order valence-corrected chi connectivity index (χ0v) is 10.6. The Hall–Kier alpha value is -1.15. The Bertz CT molecular complexity index is 418. The smallest absolute Gasteiger partial charge is 0.0801 e. The van der Waals surface area contributed by atoms with Gasteiger partial charge in [0.05, 0.1) is 16.1 Å². The topological polar surface area (TPSA) is 12.9 Å². The molecule has 80 valence electrons. The van der Waals surface area contributed by atoms with E-state index in [9.17, 15) is 0 Å². The molecule has 2 aromatic rings. The second-order valence-corrected chi connectivity index (χ2v) is 3.94. The zero-order valence-electron chi connectivity index (χ0n) is 9.74. The van der Waals surface area contributed by atoms with E-state index in [1.807, 2.05) is 19.4 Å². The molecule has 0 fully saturated rings. The lowest BCUT2D eigenvalue weighted by atomic mass is 10.1. The number of hydrogen-bond donors (Lipinski definition) is 0. The first-order valence-electron chi connectivity index (χ1n) is 5.25. The summed E-state index contributed by atoms with van der Waals surface area (Å²) in [5, 5.41) is 0. The minimum atomic E-state index is 1.12. The van der Waals surface area contributed by atoms with E-state index in [0.29, 0.717) is 0 Å². The van der Waals surface area contributed by atoms with Crippen LogP contribution in [0, 0.1) is 13.8 Å². The molecule has 0 amide bonds. The molecular formula is C13H17NS. The van der Waals surface area contributed by atoms with E-state index >= 15 is 0 Å². The molecule has 1 nitrogen and oxygen atoms in total. The van der Waals surface area contributed by atoms with Crippen LogP contribution in [0.5, 0.6) is 0 Å². The summed E-state index contributed by atoms with van der Waals surface area (Å²) in [6, 6.07) is 8.42. The second-order valence-electron chi connectivity index (χ2n) is 3.08. The molecule has 2 rings (SSSR count). The normalized spacial score (nSPS) is 9.33. The molecule has 0 unspecified atom stereocenters. The number of thiazole rings is 1. The Morgan fingerprint density at radius 3 is 2.27 bits per heavy atom. The predicted octanol–water partition coefficient (Wildman–Crippen LogP) is 4.45. The van der Waals surface area contributed by atoms with Crippen molar-refractivity contribution in [2.45, 2.75) is 27.7 Å². The second kappa shape index (κ2) is 5.66. The summed E-state index contributed by atoms with van der Waals surface area (Å²) in [4.78, 5) is 5.54. The summed E-state index contributed by atoms with van der Waals surface area (Å²) >= 11 is 1.71. The van der Waals surface area contributed by atoms with E-state index in [0.717, 1.165) is 5.69 Å². The molecule has 0 spiro atoms. The Morgan fingerprint density at radius 1 is 1.07 bits per heavy atom. The van der Waals surface area contributed by atoms with Crippen molar-refractivity contribution in [1.29, 1.82) is 0 Å². The average molecular weight is 219 g/mol. The van der Waals surface area contributed by atoms with Gasteiger partial charge in [0.15, 0.2) is 0 Å². The van der Waals surface area contributed by atoms with E-state index < -0.39 is 0 Å². The van der Waals surface area contributed by atoms with Crippen molar-refractivity contribution in [2.75, 3.05) is 0 Å². The van der Waals surface area contributed by atoms with E-state index in [1.165, 1.54) is 16.0 Å². The van der Waals surface area contributed by atoms with Crippen molar-refractivity contribution < 1.29 is 0 Å². The van der Waals surface area contributed by atoms with Crippen LogP contribution in [0.25, 0.3) is 10.4 Å². The maximum absolute atomic E-state index is 4.25. The zero-order chi connectivity index (χ0) is 11.3. The van der Waals surface area contributed by atoms with Crippen LogP contribution in [0.15, 0.2) is 29.8 Å². The molecule has 1 aromatic carbocycles. The monoisotopic (exact) mass is 219 g/mol. The molecule has 0 N–H and O–H groups in total. The van der Waals surface area contributed by atoms with Gasteiger partial charge < -0.3 is 0 Å². The quantitative estimate of drug-likeness (QED) is 0.690. The predicted molar refractivity (Wildman–Crippen MR) is 68.4 cm³/mol. The standard InChI is InChI=1S/C11H11NS.C2H6/c1-8-5-3-4-6-10(8)11-9(2)12-7-13-11;1-2/h3-7H,1-2H3;1-2H3. The molecule has 0 saturated heterocycles. The summed E-state index contributed by atoms with van der Waals surface area (Å²) in [5.74, 6) is 0. The van der Waals surface area contributed by atoms with Crippen LogP contribution in [0.1, 0.15) is 25.1 Å². The number of rotatable bonds is 1. The van der Waals surface area contributed by atoms with Crippen molar-refractivity contribution in [1.82, 2.24) is 4.98 Å². The molecule has 0 aliphatic rings. The van der Waals surface area contributed by atoms with Gasteiger partial charge in [-0.25, -0.2) is 4.98 Å². The maximum Gasteiger partial charge on any atom is 0.0801 e. The third-order valence-corrected chi connectivity index (χ3v) is 3.10. The molecular weight excluding hydrogens is 202 g/mol. The third-order valence-electron chi connectivity index (χ3n) is 2.14. The van der Waals surface area contributed by atoms with Gasteiger partial charge in [-0.2, -0.15) is 0 Å². The van der Waals surface area contributed by atoms with Gasteiger partial charge in [-0.3, -0.25) is 0 Å². The van der Waals surface area contributed by atoms with E-state index in [2.05, 4.69) is 43.1 Å². The lowest BCUT2D eigenvalue weighted by Crippen LogP contribution is -1.81. The van der Waals surface area contributed by atoms with Gasteiger partial charge in [0, 0.05) is 0 Å². The molecule has 1 aromatic heterocycles. The highest BCUT2D eigenvalue weighted by atomic mass is 32.1. The van der Waals surface area contributed by atoms with Crippen LogP contribution >= 0.6 is 11.3 Å². The number of aromatic nitrogens is 1. The highest BCUT2D eigenvalue weighted by Gasteiger charge is 2.05. The fraction of sp³-hybridized carbons (Fsp3) is 0.308. The molecule has 1 heterocycles. The first-order chi connectivity index (χ1) is 7.29. The SMILES string of the molecule is CC.Cc1ccccc1-c1scnc1C. The lowest BCUT2D eigenvalue weighted by molar-refractivity contribution is 1.26. The third kappa shape index (κ3) is 2.66. The van der Waals surface area contributed by atoms with Crippen molar-refractivity contribution in [3.8, 4) is 10.4 Å². The number of aryl methyl sites for hydroxylation is 2. The van der Waals surface area contributed by atoms with Gasteiger partial charge in [0.25, 0.3) is 0 Å². The average Bonchev–Trinajstić information content (AvgIpc) is 2.68. The minimum Gasteiger partial charge on any atom is -0.249 e. The molecule has 2 heteroatoms. The van der Waals surface area contributed by atoms with Gasteiger partial charge in [-0.1, -0.05) is 38.1 Å². The highest BCUT2D eigenvalue weighted by Crippen LogP contribution is 2.29. The maximum atomic E-state index is 4.25. The fourth-order valence-corrected chi connectivity index (χ4v) is 2.28. The van der Waals surface area contributed by atoms with Crippen LogP contribution in [-0.4, -0.2) is 4.98 Å². The Morgan fingerprint density at radius 2 is 1.73 bits per heavy atom. The highest BCUT2D eigenvalue weighted by molar-refractivity contribution is 7.13. The van der Waals surface area contributed by atoms with Crippen LogP contribution < -0.4 is 0 Å². The van der Waals surface area contributed by atoms with Gasteiger partial charge in [0.1, 0.15) is 0 Å². The summed E-state index contributed by atoms with van der Waals surface area (Å²) in [5.41, 5.74) is 5.65. The molecule has 15 heavy (non-hydrogen) atoms. The van der Waals surface area contributed by atoms with Gasteiger partial charge >= 0.3 is 0 Å². The van der Waals surface area contributed by atoms with Crippen molar-refractivity contribution >= 4 is 11.3 Å². The van der Waals surface area contributed by atoms with Gasteiger partial charge in [0.2, 0.25) is 0 Å². The van der Waals surface area contributed by atoms with Crippen molar-refractivity contribution in [2.24, 2.45) is 0 Å². The van der Waals surface area contributed by atoms with Crippen molar-refractivity contribution in [3.63, 3.8) is 0 Å². The number of nitrogens with zero attached hydrogens (tertiary/aromatic N) is 1. The summed E-state index contributed by atoms with van der Waals surface area (Å²) < 4.78 is 0. The Kier molecular flexibility index (Phi) is 4.50. The summed E-state index contributed by atoms with van der Waals surface area (Å²) in [7, 11) is 0.